The fourth-order valence-electron chi connectivity index (χ4n) is 3.49. The molecule has 0 aromatic heterocycles. The lowest BCUT2D eigenvalue weighted by Gasteiger charge is -2.12. The molecule has 3 aromatic rings. The second-order valence-electron chi connectivity index (χ2n) is 8.41. The molecule has 0 aliphatic rings. The first-order chi connectivity index (χ1) is 18.0. The smallest absolute Gasteiger partial charge is 0.335 e. The van der Waals surface area contributed by atoms with Gasteiger partial charge < -0.3 is 19.7 Å². The summed E-state index contributed by atoms with van der Waals surface area (Å²) in [4.78, 5) is 23.0. The minimum absolute atomic E-state index is 0.0275. The van der Waals surface area contributed by atoms with Crippen molar-refractivity contribution in [3.05, 3.63) is 102 Å². The van der Waals surface area contributed by atoms with E-state index in [2.05, 4.69) is 0 Å². The van der Waals surface area contributed by atoms with Gasteiger partial charge in [-0.1, -0.05) is 42.5 Å². The maximum Gasteiger partial charge on any atom is 0.335 e. The van der Waals surface area contributed by atoms with E-state index in [1.165, 1.54) is 11.8 Å². The van der Waals surface area contributed by atoms with Gasteiger partial charge in [-0.3, -0.25) is 4.79 Å². The number of carboxylic acid groups (broad SMARTS) is 2. The molecular weight excluding hydrogens is 488 g/mol. The van der Waals surface area contributed by atoms with Gasteiger partial charge in [-0.25, -0.2) is 4.79 Å². The highest BCUT2D eigenvalue weighted by Crippen LogP contribution is 2.28. The minimum Gasteiger partial charge on any atom is -0.494 e. The Morgan fingerprint density at radius 2 is 1.43 bits per heavy atom. The molecule has 1 unspecified atom stereocenters. The van der Waals surface area contributed by atoms with Gasteiger partial charge in [0.05, 0.1) is 18.8 Å². The van der Waals surface area contributed by atoms with E-state index in [9.17, 15) is 9.59 Å². The minimum atomic E-state index is -0.969. The van der Waals surface area contributed by atoms with Gasteiger partial charge in [-0.2, -0.15) is 0 Å². The van der Waals surface area contributed by atoms with Crippen LogP contribution in [0.4, 0.5) is 0 Å². The van der Waals surface area contributed by atoms with Crippen molar-refractivity contribution < 1.29 is 29.3 Å². The molecule has 0 aliphatic carbocycles. The molecule has 0 spiro atoms. The molecule has 0 aliphatic heterocycles. The average Bonchev–Trinajstić information content (AvgIpc) is 2.91. The second kappa shape index (κ2) is 15.4. The van der Waals surface area contributed by atoms with Crippen molar-refractivity contribution in [3.63, 3.8) is 0 Å². The summed E-state index contributed by atoms with van der Waals surface area (Å²) in [5.74, 6) is -0.0890. The predicted molar refractivity (Wildman–Crippen MR) is 146 cm³/mol. The summed E-state index contributed by atoms with van der Waals surface area (Å²) < 4.78 is 11.5. The molecule has 0 saturated carbocycles. The number of allylic oxidation sites excluding steroid dienone is 1. The molecule has 1 atom stereocenters. The van der Waals surface area contributed by atoms with Crippen molar-refractivity contribution in [2.75, 3.05) is 13.2 Å². The van der Waals surface area contributed by atoms with Gasteiger partial charge in [0.25, 0.3) is 0 Å². The van der Waals surface area contributed by atoms with Gasteiger partial charge in [0.2, 0.25) is 0 Å². The van der Waals surface area contributed by atoms with E-state index in [1.54, 1.807) is 24.3 Å². The number of aliphatic carboxylic acids is 1. The van der Waals surface area contributed by atoms with Crippen LogP contribution in [0.5, 0.6) is 11.5 Å². The SMILES string of the molecule is O=C(O)CCC(/C=C/Cc1ccc(OCCCCOc2ccccc2)cc1)Sc1ccc(C(=O)O)cc1. The molecule has 3 aromatic carbocycles. The number of hydrogen-bond acceptors (Lipinski definition) is 5. The molecular formula is C30H32O6S. The average molecular weight is 521 g/mol. The van der Waals surface area contributed by atoms with Crippen molar-refractivity contribution in [3.8, 4) is 11.5 Å². The van der Waals surface area contributed by atoms with Crippen LogP contribution in [0.1, 0.15) is 41.6 Å². The van der Waals surface area contributed by atoms with E-state index >= 15 is 0 Å². The fraction of sp³-hybridized carbons (Fsp3) is 0.267. The molecule has 3 rings (SSSR count). The maximum absolute atomic E-state index is 11.1. The van der Waals surface area contributed by atoms with Crippen LogP contribution >= 0.6 is 11.8 Å². The van der Waals surface area contributed by atoms with E-state index in [0.29, 0.717) is 19.6 Å². The zero-order valence-corrected chi connectivity index (χ0v) is 21.4. The Bertz CT molecular complexity index is 1130. The monoisotopic (exact) mass is 520 g/mol. The van der Waals surface area contributed by atoms with Gasteiger partial charge in [0.1, 0.15) is 11.5 Å². The summed E-state index contributed by atoms with van der Waals surface area (Å²) in [5.41, 5.74) is 1.36. The highest BCUT2D eigenvalue weighted by Gasteiger charge is 2.11. The first kappa shape index (κ1) is 27.9. The molecule has 0 amide bonds. The van der Waals surface area contributed by atoms with Gasteiger partial charge in [-0.05, 0) is 79.8 Å². The second-order valence-corrected chi connectivity index (χ2v) is 9.72. The number of ether oxygens (including phenoxy) is 2. The van der Waals surface area contributed by atoms with Crippen LogP contribution in [0.15, 0.2) is 95.9 Å². The first-order valence-corrected chi connectivity index (χ1v) is 13.2. The van der Waals surface area contributed by atoms with Crippen LogP contribution in [0.3, 0.4) is 0 Å². The molecule has 194 valence electrons. The molecule has 2 N–H and O–H groups in total. The third kappa shape index (κ3) is 10.8. The Kier molecular flexibility index (Phi) is 11.6. The number of rotatable bonds is 16. The summed E-state index contributed by atoms with van der Waals surface area (Å²) >= 11 is 1.53. The fourth-order valence-corrected chi connectivity index (χ4v) is 4.56. The number of para-hydroxylation sites is 1. The van der Waals surface area contributed by atoms with Crippen LogP contribution in [-0.4, -0.2) is 40.6 Å². The lowest BCUT2D eigenvalue weighted by molar-refractivity contribution is -0.137. The summed E-state index contributed by atoms with van der Waals surface area (Å²) in [6.07, 6.45) is 7.18. The number of thioether (sulfide) groups is 1. The predicted octanol–water partition coefficient (Wildman–Crippen LogP) is 6.75. The Morgan fingerprint density at radius 1 is 0.811 bits per heavy atom. The number of unbranched alkanes of at least 4 members (excludes halogenated alkanes) is 1. The molecule has 0 fully saturated rings. The molecule has 37 heavy (non-hydrogen) atoms. The molecule has 0 saturated heterocycles. The van der Waals surface area contributed by atoms with Crippen LogP contribution in [0.25, 0.3) is 0 Å². The lowest BCUT2D eigenvalue weighted by Crippen LogP contribution is -2.04. The molecule has 0 radical (unpaired) electrons. The van der Waals surface area contributed by atoms with E-state index in [1.807, 2.05) is 66.7 Å². The topological polar surface area (TPSA) is 93.1 Å². The largest absolute Gasteiger partial charge is 0.494 e. The van der Waals surface area contributed by atoms with Crippen molar-refractivity contribution in [2.45, 2.75) is 42.2 Å². The molecule has 0 heterocycles. The highest BCUT2D eigenvalue weighted by molar-refractivity contribution is 8.00. The standard InChI is InChI=1S/C30H32O6S/c31-29(32)20-19-27(37-28-17-13-24(14-18-28)30(33)34)10-6-7-23-11-15-26(16-12-23)36-22-5-4-21-35-25-8-2-1-3-9-25/h1-3,6,8-18,27H,4-5,7,19-22H2,(H,31,32)(H,33,34)/b10-6+. The summed E-state index contributed by atoms with van der Waals surface area (Å²) in [7, 11) is 0. The van der Waals surface area contributed by atoms with E-state index in [-0.39, 0.29) is 17.2 Å². The summed E-state index contributed by atoms with van der Waals surface area (Å²) in [6, 6.07) is 24.4. The third-order valence-corrected chi connectivity index (χ3v) is 6.72. The quantitative estimate of drug-likeness (QED) is 0.123. The van der Waals surface area contributed by atoms with Crippen molar-refractivity contribution in [1.82, 2.24) is 0 Å². The number of aromatic carboxylic acids is 1. The third-order valence-electron chi connectivity index (χ3n) is 5.48. The van der Waals surface area contributed by atoms with Gasteiger partial charge in [0.15, 0.2) is 0 Å². The maximum atomic E-state index is 11.1. The Morgan fingerprint density at radius 3 is 2.03 bits per heavy atom. The van der Waals surface area contributed by atoms with Crippen LogP contribution < -0.4 is 9.47 Å². The zero-order chi connectivity index (χ0) is 26.3. The Balaban J connectivity index is 1.41. The van der Waals surface area contributed by atoms with Crippen molar-refractivity contribution in [1.29, 1.82) is 0 Å². The van der Waals surface area contributed by atoms with Crippen molar-refractivity contribution in [2.24, 2.45) is 0 Å². The van der Waals surface area contributed by atoms with Crippen LogP contribution in [-0.2, 0) is 11.2 Å². The molecule has 7 heteroatoms. The van der Waals surface area contributed by atoms with E-state index < -0.39 is 11.9 Å². The molecule has 0 bridgehead atoms. The first-order valence-electron chi connectivity index (χ1n) is 12.3. The van der Waals surface area contributed by atoms with Gasteiger partial charge in [-0.15, -0.1) is 11.8 Å². The zero-order valence-electron chi connectivity index (χ0n) is 20.6. The van der Waals surface area contributed by atoms with E-state index in [0.717, 1.165) is 41.2 Å². The highest BCUT2D eigenvalue weighted by atomic mass is 32.2. The summed E-state index contributed by atoms with van der Waals surface area (Å²) in [6.45, 7) is 1.30. The molecule has 6 nitrogen and oxygen atoms in total. The number of benzene rings is 3. The van der Waals surface area contributed by atoms with Crippen molar-refractivity contribution >= 4 is 23.7 Å². The summed E-state index contributed by atoms with van der Waals surface area (Å²) in [5, 5.41) is 18.1. The van der Waals surface area contributed by atoms with Gasteiger partial charge >= 0.3 is 11.9 Å². The number of carbonyl (C=O) groups is 2. The van der Waals surface area contributed by atoms with E-state index in [4.69, 9.17) is 19.7 Å². The van der Waals surface area contributed by atoms with Crippen LogP contribution in [0, 0.1) is 0 Å². The number of carboxylic acids is 2. The Hall–Kier alpha value is -3.71. The Labute approximate surface area is 221 Å². The van der Waals surface area contributed by atoms with Crippen LogP contribution in [0.2, 0.25) is 0 Å². The number of hydrogen-bond donors (Lipinski definition) is 2. The van der Waals surface area contributed by atoms with Gasteiger partial charge in [0, 0.05) is 16.6 Å². The lowest BCUT2D eigenvalue weighted by atomic mass is 10.1. The normalized spacial score (nSPS) is 11.8.